The van der Waals surface area contributed by atoms with Crippen LogP contribution in [-0.2, 0) is 0 Å². The molecule has 0 spiro atoms. The summed E-state index contributed by atoms with van der Waals surface area (Å²) in [5, 5.41) is 18.5. The Morgan fingerprint density at radius 2 is 1.16 bits per heavy atom. The molecule has 2 heterocycles. The number of nitrogens with one attached hydrogen (secondary N) is 1. The lowest BCUT2D eigenvalue weighted by Crippen LogP contribution is -2.09. The third-order valence-corrected chi connectivity index (χ3v) is 6.31. The first kappa shape index (κ1) is 24.9. The van der Waals surface area contributed by atoms with E-state index in [-0.39, 0.29) is 5.56 Å². The predicted molar refractivity (Wildman–Crippen MR) is 151 cm³/mol. The van der Waals surface area contributed by atoms with Crippen LogP contribution < -0.4 is 15.0 Å². The summed E-state index contributed by atoms with van der Waals surface area (Å²) in [5.74, 6) is 1.41. The monoisotopic (exact) mass is 522 g/mol. The minimum absolute atomic E-state index is 0.214. The van der Waals surface area contributed by atoms with Gasteiger partial charge in [0.15, 0.2) is 5.15 Å². The first-order chi connectivity index (χ1) is 18.6. The zero-order valence-corrected chi connectivity index (χ0v) is 21.4. The highest BCUT2D eigenvalue weighted by Crippen LogP contribution is 2.32. The van der Waals surface area contributed by atoms with Gasteiger partial charge in [-0.1, -0.05) is 72.3 Å². The topological polar surface area (TPSA) is 90.0 Å². The van der Waals surface area contributed by atoms with Crippen molar-refractivity contribution in [3.63, 3.8) is 0 Å². The van der Waals surface area contributed by atoms with E-state index in [0.29, 0.717) is 16.3 Å². The molecule has 6 rings (SSSR count). The van der Waals surface area contributed by atoms with Crippen LogP contribution in [0, 0.1) is 0 Å². The SMILES string of the molecule is COc1ccc2c(-c3ccccc3)n[nH]c(=O)c2c1.COc1ccc2c(-c3ccccc3)nnc(Cl)c2c1. The lowest BCUT2D eigenvalue weighted by molar-refractivity contribution is 0.415. The average Bonchev–Trinajstić information content (AvgIpc) is 2.98. The number of ether oxygens (including phenoxy) is 2. The van der Waals surface area contributed by atoms with Crippen LogP contribution in [-0.4, -0.2) is 34.6 Å². The molecule has 0 saturated carbocycles. The van der Waals surface area contributed by atoms with Crippen LogP contribution in [0.4, 0.5) is 0 Å². The number of hydrogen-bond donors (Lipinski definition) is 1. The number of aromatic nitrogens is 4. The molecule has 7 nitrogen and oxygen atoms in total. The van der Waals surface area contributed by atoms with E-state index in [0.717, 1.165) is 44.4 Å². The molecular formula is C30H23ClN4O3. The van der Waals surface area contributed by atoms with Crippen LogP contribution in [0.3, 0.4) is 0 Å². The van der Waals surface area contributed by atoms with Gasteiger partial charge in [-0.2, -0.15) is 5.10 Å². The number of methoxy groups -OCH3 is 2. The molecule has 0 aliphatic carbocycles. The number of aromatic amines is 1. The van der Waals surface area contributed by atoms with E-state index in [9.17, 15) is 4.79 Å². The van der Waals surface area contributed by atoms with E-state index < -0.39 is 0 Å². The third-order valence-electron chi connectivity index (χ3n) is 6.03. The van der Waals surface area contributed by atoms with Crippen LogP contribution in [0.2, 0.25) is 5.15 Å². The van der Waals surface area contributed by atoms with Crippen molar-refractivity contribution in [2.24, 2.45) is 0 Å². The van der Waals surface area contributed by atoms with Crippen molar-refractivity contribution in [2.75, 3.05) is 14.2 Å². The molecule has 0 bridgehead atoms. The van der Waals surface area contributed by atoms with Gasteiger partial charge in [-0.05, 0) is 36.4 Å². The van der Waals surface area contributed by atoms with Crippen molar-refractivity contribution in [2.45, 2.75) is 0 Å². The number of nitrogens with zero attached hydrogens (tertiary/aromatic N) is 3. The molecule has 0 fully saturated rings. The fourth-order valence-electron chi connectivity index (χ4n) is 4.13. The van der Waals surface area contributed by atoms with E-state index in [1.807, 2.05) is 91.0 Å². The molecule has 0 amide bonds. The summed E-state index contributed by atoms with van der Waals surface area (Å²) in [7, 11) is 3.20. The highest BCUT2D eigenvalue weighted by Gasteiger charge is 2.11. The van der Waals surface area contributed by atoms with E-state index in [1.54, 1.807) is 20.3 Å². The number of benzene rings is 4. The predicted octanol–water partition coefficient (Wildman–Crippen LogP) is 6.56. The molecule has 38 heavy (non-hydrogen) atoms. The van der Waals surface area contributed by atoms with Crippen molar-refractivity contribution < 1.29 is 9.47 Å². The molecular weight excluding hydrogens is 500 g/mol. The second-order valence-corrected chi connectivity index (χ2v) is 8.65. The Morgan fingerprint density at radius 3 is 1.74 bits per heavy atom. The summed E-state index contributed by atoms with van der Waals surface area (Å²) >= 11 is 6.12. The lowest BCUT2D eigenvalue weighted by Gasteiger charge is -2.07. The van der Waals surface area contributed by atoms with Gasteiger partial charge < -0.3 is 9.47 Å². The van der Waals surface area contributed by atoms with Crippen molar-refractivity contribution in [3.05, 3.63) is 113 Å². The summed E-state index contributed by atoms with van der Waals surface area (Å²) < 4.78 is 10.4. The lowest BCUT2D eigenvalue weighted by atomic mass is 10.1. The maximum Gasteiger partial charge on any atom is 0.272 e. The number of rotatable bonds is 4. The highest BCUT2D eigenvalue weighted by atomic mass is 35.5. The molecule has 2 aromatic heterocycles. The molecule has 0 saturated heterocycles. The molecule has 0 atom stereocenters. The standard InChI is InChI=1S/C15H11ClN2O.C15H12N2O2/c1-19-11-7-8-12-13(9-11)15(16)18-17-14(12)10-5-3-2-4-6-10;1-19-11-7-8-12-13(9-11)15(18)17-16-14(12)10-5-3-2-4-6-10/h2-9H,1H3;2-9H,1H3,(H,17,18). The zero-order chi connectivity index (χ0) is 26.5. The van der Waals surface area contributed by atoms with Gasteiger partial charge >= 0.3 is 0 Å². The summed E-state index contributed by atoms with van der Waals surface area (Å²) in [6, 6.07) is 30.8. The van der Waals surface area contributed by atoms with Crippen molar-refractivity contribution >= 4 is 33.1 Å². The first-order valence-corrected chi connectivity index (χ1v) is 12.1. The largest absolute Gasteiger partial charge is 0.497 e. The van der Waals surface area contributed by atoms with Gasteiger partial charge in [0.05, 0.1) is 25.3 Å². The Hall–Kier alpha value is -4.75. The third kappa shape index (κ3) is 5.05. The summed E-state index contributed by atoms with van der Waals surface area (Å²) in [5.41, 5.74) is 3.35. The smallest absolute Gasteiger partial charge is 0.272 e. The quantitative estimate of drug-likeness (QED) is 0.282. The Balaban J connectivity index is 0.000000155. The van der Waals surface area contributed by atoms with Crippen molar-refractivity contribution in [3.8, 4) is 34.0 Å². The molecule has 4 aromatic carbocycles. The Morgan fingerprint density at radius 1 is 0.632 bits per heavy atom. The normalized spacial score (nSPS) is 10.6. The van der Waals surface area contributed by atoms with E-state index >= 15 is 0 Å². The second kappa shape index (κ2) is 11.1. The van der Waals surface area contributed by atoms with Gasteiger partial charge in [-0.3, -0.25) is 4.79 Å². The van der Waals surface area contributed by atoms with Crippen LogP contribution >= 0.6 is 11.6 Å². The van der Waals surface area contributed by atoms with Crippen molar-refractivity contribution in [1.82, 2.24) is 20.4 Å². The first-order valence-electron chi connectivity index (χ1n) is 11.8. The molecule has 0 unspecified atom stereocenters. The Labute approximate surface area is 223 Å². The van der Waals surface area contributed by atoms with E-state index in [2.05, 4.69) is 20.4 Å². The molecule has 0 radical (unpaired) electrons. The Kier molecular flexibility index (Phi) is 7.28. The highest BCUT2D eigenvalue weighted by molar-refractivity contribution is 6.34. The minimum atomic E-state index is -0.214. The maximum atomic E-state index is 11.9. The van der Waals surface area contributed by atoms with Gasteiger partial charge in [-0.25, -0.2) is 5.10 Å². The van der Waals surface area contributed by atoms with Gasteiger partial charge in [0.25, 0.3) is 5.56 Å². The van der Waals surface area contributed by atoms with Crippen LogP contribution in [0.15, 0.2) is 102 Å². The minimum Gasteiger partial charge on any atom is -0.497 e. The summed E-state index contributed by atoms with van der Waals surface area (Å²) in [4.78, 5) is 11.9. The molecule has 6 aromatic rings. The van der Waals surface area contributed by atoms with Gasteiger partial charge in [0.1, 0.15) is 17.2 Å². The Bertz CT molecular complexity index is 1770. The second-order valence-electron chi connectivity index (χ2n) is 8.30. The average molecular weight is 523 g/mol. The van der Waals surface area contributed by atoms with E-state index in [4.69, 9.17) is 21.1 Å². The molecule has 0 aliphatic rings. The van der Waals surface area contributed by atoms with Gasteiger partial charge in [0.2, 0.25) is 0 Å². The molecule has 8 heteroatoms. The van der Waals surface area contributed by atoms with Crippen LogP contribution in [0.25, 0.3) is 44.1 Å². The van der Waals surface area contributed by atoms with E-state index in [1.165, 1.54) is 0 Å². The molecule has 1 N–H and O–H groups in total. The summed E-state index contributed by atoms with van der Waals surface area (Å²) in [6.45, 7) is 0. The summed E-state index contributed by atoms with van der Waals surface area (Å²) in [6.07, 6.45) is 0. The number of hydrogen-bond acceptors (Lipinski definition) is 6. The fourth-order valence-corrected chi connectivity index (χ4v) is 4.32. The number of fused-ring (bicyclic) bond motifs is 2. The molecule has 0 aliphatic heterocycles. The maximum absolute atomic E-state index is 11.9. The van der Waals surface area contributed by atoms with Gasteiger partial charge in [0, 0.05) is 27.3 Å². The van der Waals surface area contributed by atoms with Crippen molar-refractivity contribution in [1.29, 1.82) is 0 Å². The zero-order valence-electron chi connectivity index (χ0n) is 20.7. The fraction of sp³-hybridized carbons (Fsp3) is 0.0667. The number of halogens is 1. The number of H-pyrrole nitrogens is 1. The van der Waals surface area contributed by atoms with Crippen LogP contribution in [0.1, 0.15) is 0 Å². The van der Waals surface area contributed by atoms with Crippen LogP contribution in [0.5, 0.6) is 11.5 Å². The molecule has 188 valence electrons. The van der Waals surface area contributed by atoms with Gasteiger partial charge in [-0.15, -0.1) is 10.2 Å².